The van der Waals surface area contributed by atoms with Gasteiger partial charge in [0.05, 0.1) is 34.7 Å². The van der Waals surface area contributed by atoms with Crippen molar-refractivity contribution in [2.75, 3.05) is 5.73 Å². The Bertz CT molecular complexity index is 1090. The van der Waals surface area contributed by atoms with E-state index in [1.807, 2.05) is 36.6 Å². The Labute approximate surface area is 142 Å². The summed E-state index contributed by atoms with van der Waals surface area (Å²) in [5.74, 6) is 1.05. The first-order valence-electron chi connectivity index (χ1n) is 7.90. The SMILES string of the molecule is Nc1nc(CC2(c3ccco3)C=CC=C3N=CC=C32)c2cn[nH]c2n1. The van der Waals surface area contributed by atoms with Crippen LogP contribution in [0.4, 0.5) is 5.95 Å². The molecule has 4 heterocycles. The topological polar surface area (TPSA) is 106 Å². The number of H-pyrrole nitrogens is 1. The zero-order valence-corrected chi connectivity index (χ0v) is 13.2. The van der Waals surface area contributed by atoms with Crippen LogP contribution in [0.25, 0.3) is 11.0 Å². The minimum Gasteiger partial charge on any atom is -0.468 e. The predicted molar refractivity (Wildman–Crippen MR) is 94.0 cm³/mol. The molecule has 2 aliphatic rings. The first kappa shape index (κ1) is 13.9. The molecule has 5 rings (SSSR count). The maximum atomic E-state index is 5.90. The number of nitrogens with zero attached hydrogens (tertiary/aromatic N) is 4. The lowest BCUT2D eigenvalue weighted by Gasteiger charge is -2.32. The van der Waals surface area contributed by atoms with E-state index in [0.29, 0.717) is 12.1 Å². The molecule has 0 saturated heterocycles. The summed E-state index contributed by atoms with van der Waals surface area (Å²) in [6.07, 6.45) is 13.9. The van der Waals surface area contributed by atoms with Crippen molar-refractivity contribution in [3.63, 3.8) is 0 Å². The van der Waals surface area contributed by atoms with Gasteiger partial charge in [0.2, 0.25) is 5.95 Å². The molecule has 0 radical (unpaired) electrons. The Kier molecular flexibility index (Phi) is 2.79. The summed E-state index contributed by atoms with van der Waals surface area (Å²) in [4.78, 5) is 13.1. The van der Waals surface area contributed by atoms with Crippen LogP contribution in [0.15, 0.2) is 69.6 Å². The summed E-state index contributed by atoms with van der Waals surface area (Å²) < 4.78 is 5.81. The van der Waals surface area contributed by atoms with Crippen LogP contribution in [-0.4, -0.2) is 26.4 Å². The van der Waals surface area contributed by atoms with Crippen LogP contribution in [-0.2, 0) is 11.8 Å². The van der Waals surface area contributed by atoms with E-state index < -0.39 is 5.41 Å². The number of hydrogen-bond donors (Lipinski definition) is 2. The molecule has 3 N–H and O–H groups in total. The van der Waals surface area contributed by atoms with Crippen LogP contribution < -0.4 is 5.73 Å². The molecule has 0 spiro atoms. The monoisotopic (exact) mass is 330 g/mol. The molecule has 3 aromatic rings. The van der Waals surface area contributed by atoms with Crippen LogP contribution in [0, 0.1) is 0 Å². The highest BCUT2D eigenvalue weighted by Crippen LogP contribution is 2.45. The van der Waals surface area contributed by atoms with Crippen LogP contribution >= 0.6 is 0 Å². The number of anilines is 1. The Morgan fingerprint density at radius 3 is 3.08 bits per heavy atom. The summed E-state index contributed by atoms with van der Waals surface area (Å²) in [5, 5.41) is 7.78. The number of fused-ring (bicyclic) bond motifs is 2. The Balaban J connectivity index is 1.71. The Morgan fingerprint density at radius 1 is 1.24 bits per heavy atom. The molecule has 7 nitrogen and oxygen atoms in total. The van der Waals surface area contributed by atoms with Gasteiger partial charge in [-0.05, 0) is 29.9 Å². The molecular weight excluding hydrogens is 316 g/mol. The Hall–Kier alpha value is -3.48. The number of allylic oxidation sites excluding steroid dienone is 5. The smallest absolute Gasteiger partial charge is 0.222 e. The average Bonchev–Trinajstić information content (AvgIpc) is 3.35. The molecule has 25 heavy (non-hydrogen) atoms. The summed E-state index contributed by atoms with van der Waals surface area (Å²) in [7, 11) is 0. The number of nitrogens with one attached hydrogen (secondary N) is 1. The van der Waals surface area contributed by atoms with Crippen molar-refractivity contribution < 1.29 is 4.42 Å². The van der Waals surface area contributed by atoms with Gasteiger partial charge in [-0.1, -0.05) is 12.2 Å². The second-order valence-corrected chi connectivity index (χ2v) is 6.06. The van der Waals surface area contributed by atoms with Crippen molar-refractivity contribution in [3.8, 4) is 0 Å². The molecule has 3 aromatic heterocycles. The molecule has 0 amide bonds. The van der Waals surface area contributed by atoms with Gasteiger partial charge < -0.3 is 10.2 Å². The Morgan fingerprint density at radius 2 is 2.20 bits per heavy atom. The summed E-state index contributed by atoms with van der Waals surface area (Å²) in [6, 6.07) is 3.87. The molecule has 122 valence electrons. The zero-order valence-electron chi connectivity index (χ0n) is 13.2. The number of aromatic nitrogens is 4. The minimum atomic E-state index is -0.505. The van der Waals surface area contributed by atoms with Crippen molar-refractivity contribution in [3.05, 3.63) is 71.6 Å². The fourth-order valence-corrected chi connectivity index (χ4v) is 3.55. The van der Waals surface area contributed by atoms with E-state index in [-0.39, 0.29) is 5.95 Å². The second-order valence-electron chi connectivity index (χ2n) is 6.06. The normalized spacial score (nSPS) is 21.4. The summed E-state index contributed by atoms with van der Waals surface area (Å²) in [5.41, 5.74) is 8.85. The number of aromatic amines is 1. The third-order valence-electron chi connectivity index (χ3n) is 4.66. The van der Waals surface area contributed by atoms with E-state index in [9.17, 15) is 0 Å². The van der Waals surface area contributed by atoms with Gasteiger partial charge in [0, 0.05) is 12.6 Å². The quantitative estimate of drug-likeness (QED) is 0.767. The van der Waals surface area contributed by atoms with Crippen LogP contribution in [0.3, 0.4) is 0 Å². The van der Waals surface area contributed by atoms with Crippen LogP contribution in [0.2, 0.25) is 0 Å². The number of aliphatic imine (C=N–C) groups is 1. The molecule has 0 bridgehead atoms. The molecule has 0 saturated carbocycles. The predicted octanol–water partition coefficient (Wildman–Crippen LogP) is 2.47. The summed E-state index contributed by atoms with van der Waals surface area (Å²) >= 11 is 0. The lowest BCUT2D eigenvalue weighted by Crippen LogP contribution is -2.31. The maximum Gasteiger partial charge on any atom is 0.222 e. The number of nitrogens with two attached hydrogens (primary N) is 1. The third kappa shape index (κ3) is 1.99. The molecule has 7 heteroatoms. The molecule has 0 aromatic carbocycles. The zero-order chi connectivity index (χ0) is 16.9. The first-order valence-corrected chi connectivity index (χ1v) is 7.90. The van der Waals surface area contributed by atoms with E-state index >= 15 is 0 Å². The van der Waals surface area contributed by atoms with E-state index in [0.717, 1.165) is 28.1 Å². The van der Waals surface area contributed by atoms with Gasteiger partial charge in [-0.15, -0.1) is 0 Å². The molecule has 0 fully saturated rings. The van der Waals surface area contributed by atoms with E-state index in [4.69, 9.17) is 10.2 Å². The molecule has 1 unspecified atom stereocenters. The summed E-state index contributed by atoms with van der Waals surface area (Å²) in [6.45, 7) is 0. The third-order valence-corrected chi connectivity index (χ3v) is 4.66. The van der Waals surface area contributed by atoms with Gasteiger partial charge in [0.15, 0.2) is 5.65 Å². The van der Waals surface area contributed by atoms with Crippen molar-refractivity contribution in [1.29, 1.82) is 0 Å². The van der Waals surface area contributed by atoms with Crippen LogP contribution in [0.5, 0.6) is 0 Å². The highest BCUT2D eigenvalue weighted by molar-refractivity contribution is 5.83. The van der Waals surface area contributed by atoms with Gasteiger partial charge in [-0.25, -0.2) is 4.98 Å². The highest BCUT2D eigenvalue weighted by Gasteiger charge is 2.41. The van der Waals surface area contributed by atoms with E-state index in [1.165, 1.54) is 0 Å². The van der Waals surface area contributed by atoms with E-state index in [2.05, 4.69) is 31.2 Å². The molecular formula is C18H14N6O. The van der Waals surface area contributed by atoms with Gasteiger partial charge in [-0.2, -0.15) is 10.1 Å². The lowest BCUT2D eigenvalue weighted by molar-refractivity contribution is 0.429. The van der Waals surface area contributed by atoms with E-state index in [1.54, 1.807) is 12.5 Å². The van der Waals surface area contributed by atoms with Gasteiger partial charge in [0.1, 0.15) is 5.76 Å². The first-order chi connectivity index (χ1) is 12.3. The average molecular weight is 330 g/mol. The molecule has 1 aliphatic heterocycles. The van der Waals surface area contributed by atoms with Crippen molar-refractivity contribution in [2.45, 2.75) is 11.8 Å². The highest BCUT2D eigenvalue weighted by atomic mass is 16.3. The number of rotatable bonds is 3. The van der Waals surface area contributed by atoms with Gasteiger partial charge in [0.25, 0.3) is 0 Å². The molecule has 1 atom stereocenters. The number of nitrogen functional groups attached to an aromatic ring is 1. The maximum absolute atomic E-state index is 5.90. The lowest BCUT2D eigenvalue weighted by atomic mass is 9.70. The fraction of sp³-hybridized carbons (Fsp3) is 0.111. The van der Waals surface area contributed by atoms with Gasteiger partial charge in [-0.3, -0.25) is 10.1 Å². The van der Waals surface area contributed by atoms with Crippen molar-refractivity contribution in [2.24, 2.45) is 4.99 Å². The molecule has 1 aliphatic carbocycles. The largest absolute Gasteiger partial charge is 0.468 e. The number of furan rings is 1. The van der Waals surface area contributed by atoms with Gasteiger partial charge >= 0.3 is 0 Å². The number of hydrogen-bond acceptors (Lipinski definition) is 6. The minimum absolute atomic E-state index is 0.216. The van der Waals surface area contributed by atoms with Crippen molar-refractivity contribution in [1.82, 2.24) is 20.2 Å². The van der Waals surface area contributed by atoms with Crippen LogP contribution in [0.1, 0.15) is 11.5 Å². The second kappa shape index (κ2) is 5.01. The fourth-order valence-electron chi connectivity index (χ4n) is 3.55. The van der Waals surface area contributed by atoms with Crippen molar-refractivity contribution >= 4 is 23.2 Å². The standard InChI is InChI=1S/C18H14N6O/c19-17-22-14(11-10-21-24-16(11)23-17)9-18(15-4-2-8-25-15)6-1-3-13-12(18)5-7-20-13/h1-8,10H,9H2,(H3,19,21,22,23,24).